The summed E-state index contributed by atoms with van der Waals surface area (Å²) in [7, 11) is 0. The molecule has 4 aliphatic rings. The maximum atomic E-state index is 12.4. The molecular weight excluding hydrogens is 348 g/mol. The van der Waals surface area contributed by atoms with E-state index in [1.165, 1.54) is 0 Å². The minimum Gasteiger partial charge on any atom is -0.393 e. The van der Waals surface area contributed by atoms with Gasteiger partial charge < -0.3 is 20.4 Å². The van der Waals surface area contributed by atoms with Gasteiger partial charge in [0.2, 0.25) is 0 Å². The fourth-order valence-corrected chi connectivity index (χ4v) is 6.96. The predicted octanol–water partition coefficient (Wildman–Crippen LogP) is 0.528. The number of hydrogen-bond acceptors (Lipinski definition) is 6. The summed E-state index contributed by atoms with van der Waals surface area (Å²) in [5, 5.41) is 42.3. The van der Waals surface area contributed by atoms with Gasteiger partial charge in [0, 0.05) is 16.7 Å². The molecule has 0 heterocycles. The minimum absolute atomic E-state index is 0.00826. The van der Waals surface area contributed by atoms with Crippen LogP contribution in [0.25, 0.3) is 0 Å². The summed E-state index contributed by atoms with van der Waals surface area (Å²) in [5.41, 5.74) is -2.46. The van der Waals surface area contributed by atoms with E-state index < -0.39 is 41.0 Å². The van der Waals surface area contributed by atoms with Crippen molar-refractivity contribution < 1.29 is 30.0 Å². The maximum Gasteiger partial charge on any atom is 0.192 e. The smallest absolute Gasteiger partial charge is 0.192 e. The van der Waals surface area contributed by atoms with E-state index in [4.69, 9.17) is 0 Å². The van der Waals surface area contributed by atoms with Crippen molar-refractivity contribution in [2.75, 3.05) is 6.61 Å². The van der Waals surface area contributed by atoms with Crippen LogP contribution in [0.5, 0.6) is 0 Å². The molecule has 0 bridgehead atoms. The molecule has 3 saturated carbocycles. The number of rotatable bonds is 2. The summed E-state index contributed by atoms with van der Waals surface area (Å²) in [5.74, 6) is -1.09. The van der Waals surface area contributed by atoms with Crippen molar-refractivity contribution in [1.82, 2.24) is 0 Å². The molecule has 0 unspecified atom stereocenters. The molecule has 0 aliphatic heterocycles. The van der Waals surface area contributed by atoms with E-state index in [1.807, 2.05) is 13.0 Å². The number of Topliss-reactive ketones (excluding diaryl/α,β-unsaturated/α-hetero) is 1. The van der Waals surface area contributed by atoms with Crippen LogP contribution in [-0.2, 0) is 9.59 Å². The van der Waals surface area contributed by atoms with E-state index >= 15 is 0 Å². The first-order valence-corrected chi connectivity index (χ1v) is 9.76. The Labute approximate surface area is 158 Å². The number of carbonyl (C=O) groups excluding carboxylic acids is 2. The topological polar surface area (TPSA) is 115 Å². The van der Waals surface area contributed by atoms with Gasteiger partial charge in [-0.25, -0.2) is 0 Å². The Morgan fingerprint density at radius 1 is 1.30 bits per heavy atom. The van der Waals surface area contributed by atoms with Gasteiger partial charge >= 0.3 is 0 Å². The molecule has 8 atom stereocenters. The largest absolute Gasteiger partial charge is 0.393 e. The molecule has 0 aromatic carbocycles. The van der Waals surface area contributed by atoms with E-state index in [-0.39, 0.29) is 36.4 Å². The Balaban J connectivity index is 1.78. The van der Waals surface area contributed by atoms with E-state index in [9.17, 15) is 30.0 Å². The number of aliphatic hydroxyl groups excluding tert-OH is 3. The normalized spacial score (nSPS) is 51.3. The van der Waals surface area contributed by atoms with Crippen LogP contribution in [0.3, 0.4) is 0 Å². The molecule has 3 fully saturated rings. The fraction of sp³-hybridized carbons (Fsp3) is 0.714. The molecule has 27 heavy (non-hydrogen) atoms. The van der Waals surface area contributed by atoms with Gasteiger partial charge in [0.1, 0.15) is 6.61 Å². The third kappa shape index (κ3) is 2.21. The average Bonchev–Trinajstić information content (AvgIpc) is 2.82. The third-order valence-electron chi connectivity index (χ3n) is 8.28. The monoisotopic (exact) mass is 376 g/mol. The highest BCUT2D eigenvalue weighted by atomic mass is 16.4. The van der Waals surface area contributed by atoms with Crippen LogP contribution in [-0.4, -0.2) is 56.4 Å². The molecule has 0 saturated heterocycles. The lowest BCUT2D eigenvalue weighted by Crippen LogP contribution is -2.63. The first-order chi connectivity index (χ1) is 12.6. The number of allylic oxidation sites excluding steroid dienone is 4. The molecule has 148 valence electrons. The quantitative estimate of drug-likeness (QED) is 0.559. The highest BCUT2D eigenvalue weighted by Gasteiger charge is 2.71. The first kappa shape index (κ1) is 19.0. The van der Waals surface area contributed by atoms with Crippen molar-refractivity contribution in [2.24, 2.45) is 28.6 Å². The van der Waals surface area contributed by atoms with E-state index in [0.717, 1.165) is 18.4 Å². The first-order valence-electron chi connectivity index (χ1n) is 9.76. The molecule has 6 heteroatoms. The lowest BCUT2D eigenvalue weighted by atomic mass is 9.46. The van der Waals surface area contributed by atoms with E-state index in [0.29, 0.717) is 0 Å². The zero-order valence-electron chi connectivity index (χ0n) is 15.8. The van der Waals surface area contributed by atoms with Crippen LogP contribution < -0.4 is 0 Å². The minimum atomic E-state index is -2.05. The van der Waals surface area contributed by atoms with Gasteiger partial charge in [0.05, 0.1) is 12.2 Å². The summed E-state index contributed by atoms with van der Waals surface area (Å²) < 4.78 is 0. The summed E-state index contributed by atoms with van der Waals surface area (Å²) in [6.07, 6.45) is 4.97. The number of fused-ring (bicyclic) bond motifs is 5. The Bertz CT molecular complexity index is 756. The Morgan fingerprint density at radius 2 is 2.00 bits per heavy atom. The fourth-order valence-electron chi connectivity index (χ4n) is 6.96. The van der Waals surface area contributed by atoms with Gasteiger partial charge in [-0.2, -0.15) is 0 Å². The van der Waals surface area contributed by atoms with Gasteiger partial charge in [-0.05, 0) is 49.7 Å². The van der Waals surface area contributed by atoms with Crippen LogP contribution >= 0.6 is 0 Å². The molecule has 4 aliphatic carbocycles. The lowest BCUT2D eigenvalue weighted by Gasteiger charge is -2.59. The maximum absolute atomic E-state index is 12.4. The molecule has 0 spiro atoms. The second-order valence-corrected chi connectivity index (χ2v) is 9.31. The van der Waals surface area contributed by atoms with Crippen LogP contribution in [0.1, 0.15) is 39.5 Å². The highest BCUT2D eigenvalue weighted by molar-refractivity contribution is 6.01. The molecule has 6 nitrogen and oxygen atoms in total. The van der Waals surface area contributed by atoms with Crippen LogP contribution in [0.2, 0.25) is 0 Å². The molecule has 4 N–H and O–H groups in total. The van der Waals surface area contributed by atoms with Gasteiger partial charge in [-0.1, -0.05) is 25.5 Å². The van der Waals surface area contributed by atoms with Crippen molar-refractivity contribution in [3.8, 4) is 0 Å². The zero-order valence-corrected chi connectivity index (χ0v) is 15.8. The van der Waals surface area contributed by atoms with Crippen molar-refractivity contribution in [3.05, 3.63) is 23.8 Å². The summed E-state index contributed by atoms with van der Waals surface area (Å²) in [6, 6.07) is 0. The van der Waals surface area contributed by atoms with E-state index in [1.54, 1.807) is 19.1 Å². The third-order valence-corrected chi connectivity index (χ3v) is 8.28. The summed E-state index contributed by atoms with van der Waals surface area (Å²) in [4.78, 5) is 24.2. The molecule has 0 aromatic heterocycles. The van der Waals surface area contributed by atoms with Crippen molar-refractivity contribution in [1.29, 1.82) is 0 Å². The number of hydrogen-bond donors (Lipinski definition) is 4. The Hall–Kier alpha value is -1.34. The number of aliphatic hydroxyl groups is 4. The van der Waals surface area contributed by atoms with Gasteiger partial charge in [-0.3, -0.25) is 9.59 Å². The second-order valence-electron chi connectivity index (χ2n) is 9.31. The van der Waals surface area contributed by atoms with Crippen molar-refractivity contribution in [2.45, 2.75) is 57.3 Å². The summed E-state index contributed by atoms with van der Waals surface area (Å²) >= 11 is 0. The molecule has 0 amide bonds. The zero-order chi connectivity index (χ0) is 19.8. The predicted molar refractivity (Wildman–Crippen MR) is 96.4 cm³/mol. The lowest BCUT2D eigenvalue weighted by molar-refractivity contribution is -0.190. The SMILES string of the molecule is C[C@]12C=CC(=O)C=C1CC[C@@H]1[C@H]2[C@@H](O)C[C@@]2(C)[C@@H]1C[C@H](O)[C@@]2(O)C(=O)CO. The Kier molecular flexibility index (Phi) is 4.10. The van der Waals surface area contributed by atoms with Crippen molar-refractivity contribution in [3.63, 3.8) is 0 Å². The van der Waals surface area contributed by atoms with E-state index in [2.05, 4.69) is 0 Å². The van der Waals surface area contributed by atoms with Gasteiger partial charge in [-0.15, -0.1) is 0 Å². The van der Waals surface area contributed by atoms with Crippen LogP contribution in [0.4, 0.5) is 0 Å². The Morgan fingerprint density at radius 3 is 2.67 bits per heavy atom. The van der Waals surface area contributed by atoms with Gasteiger partial charge in [0.15, 0.2) is 17.2 Å². The average molecular weight is 376 g/mol. The highest BCUT2D eigenvalue weighted by Crippen LogP contribution is 2.67. The molecule has 0 radical (unpaired) electrons. The molecule has 4 rings (SSSR count). The summed E-state index contributed by atoms with van der Waals surface area (Å²) in [6.45, 7) is 2.96. The number of carbonyl (C=O) groups is 2. The molecule has 0 aromatic rings. The standard InChI is InChI=1S/C21H28O6/c1-19-6-5-12(23)7-11(19)3-4-13-14-8-16(25)21(27,17(26)10-22)20(14,2)9-15(24)18(13)19/h5-7,13-16,18,22,24-25,27H,3-4,8-10H2,1-2H3/t13-,14+,15-,16-,18-,19-,20-,21+/m0/s1. The molecular formula is C21H28O6. The van der Waals surface area contributed by atoms with Gasteiger partial charge in [0.25, 0.3) is 0 Å². The second kappa shape index (κ2) is 5.83. The number of ketones is 2. The van der Waals surface area contributed by atoms with Crippen LogP contribution in [0.15, 0.2) is 23.8 Å². The van der Waals surface area contributed by atoms with Crippen LogP contribution in [0, 0.1) is 28.6 Å². The van der Waals surface area contributed by atoms with Crippen molar-refractivity contribution >= 4 is 11.6 Å².